The van der Waals surface area contributed by atoms with Gasteiger partial charge < -0.3 is 16.2 Å². The second-order valence-corrected chi connectivity index (χ2v) is 4.45. The molecule has 0 saturated heterocycles. The fraction of sp³-hybridized carbons (Fsp3) is 0.462. The first-order valence-electron chi connectivity index (χ1n) is 5.70. The van der Waals surface area contributed by atoms with Gasteiger partial charge in [0.2, 0.25) is 0 Å². The third-order valence-electron chi connectivity index (χ3n) is 2.85. The summed E-state index contributed by atoms with van der Waals surface area (Å²) in [5, 5.41) is 21.7. The van der Waals surface area contributed by atoms with E-state index in [9.17, 15) is 5.11 Å². The van der Waals surface area contributed by atoms with E-state index in [0.717, 1.165) is 11.3 Å². The maximum absolute atomic E-state index is 9.87. The smallest absolute Gasteiger partial charge is 0.0788 e. The number of nitrogen functional groups attached to an aromatic ring is 1. The van der Waals surface area contributed by atoms with Gasteiger partial charge in [-0.15, -0.1) is 0 Å². The summed E-state index contributed by atoms with van der Waals surface area (Å²) in [6.45, 7) is 4.19. The molecule has 1 aromatic carbocycles. The van der Waals surface area contributed by atoms with Crippen LogP contribution >= 0.6 is 0 Å². The number of nitrogens with two attached hydrogens (primary N) is 1. The molecule has 1 unspecified atom stereocenters. The SMILES string of the molecule is CCC(C)(O)CNc1ccc(N)c(CC#N)c1. The summed E-state index contributed by atoms with van der Waals surface area (Å²) in [7, 11) is 0. The Kier molecular flexibility index (Phi) is 4.36. The number of aliphatic hydroxyl groups is 1. The zero-order chi connectivity index (χ0) is 12.9. The van der Waals surface area contributed by atoms with Crippen molar-refractivity contribution in [3.05, 3.63) is 23.8 Å². The van der Waals surface area contributed by atoms with Crippen molar-refractivity contribution in [2.75, 3.05) is 17.6 Å². The van der Waals surface area contributed by atoms with Gasteiger partial charge >= 0.3 is 0 Å². The number of nitriles is 1. The van der Waals surface area contributed by atoms with Crippen LogP contribution in [0.1, 0.15) is 25.8 Å². The van der Waals surface area contributed by atoms with Gasteiger partial charge in [0.15, 0.2) is 0 Å². The molecule has 0 fully saturated rings. The minimum absolute atomic E-state index is 0.297. The van der Waals surface area contributed by atoms with Crippen molar-refractivity contribution in [3.63, 3.8) is 0 Å². The average molecular weight is 233 g/mol. The first-order valence-corrected chi connectivity index (χ1v) is 5.70. The molecule has 92 valence electrons. The predicted octanol–water partition coefficient (Wildman–Crippen LogP) is 1.91. The first-order chi connectivity index (χ1) is 7.98. The molecule has 4 N–H and O–H groups in total. The molecular weight excluding hydrogens is 214 g/mol. The van der Waals surface area contributed by atoms with Gasteiger partial charge in [-0.1, -0.05) is 6.92 Å². The molecule has 4 heteroatoms. The van der Waals surface area contributed by atoms with Crippen molar-refractivity contribution in [2.24, 2.45) is 0 Å². The summed E-state index contributed by atoms with van der Waals surface area (Å²) in [5.41, 5.74) is 7.34. The number of anilines is 2. The lowest BCUT2D eigenvalue weighted by Crippen LogP contribution is -2.32. The third kappa shape index (κ3) is 3.97. The van der Waals surface area contributed by atoms with Gasteiger partial charge in [-0.3, -0.25) is 0 Å². The van der Waals surface area contributed by atoms with E-state index in [4.69, 9.17) is 11.0 Å². The van der Waals surface area contributed by atoms with Crippen LogP contribution in [0, 0.1) is 11.3 Å². The second kappa shape index (κ2) is 5.55. The van der Waals surface area contributed by atoms with E-state index < -0.39 is 5.60 Å². The van der Waals surface area contributed by atoms with E-state index in [0.29, 0.717) is 25.1 Å². The van der Waals surface area contributed by atoms with Crippen molar-refractivity contribution in [3.8, 4) is 6.07 Å². The van der Waals surface area contributed by atoms with Gasteiger partial charge in [0.05, 0.1) is 18.1 Å². The van der Waals surface area contributed by atoms with Gasteiger partial charge in [0, 0.05) is 17.9 Å². The molecular formula is C13H19N3O. The maximum Gasteiger partial charge on any atom is 0.0788 e. The van der Waals surface area contributed by atoms with Crippen LogP contribution in [0.3, 0.4) is 0 Å². The highest BCUT2D eigenvalue weighted by Gasteiger charge is 2.16. The molecule has 1 atom stereocenters. The molecule has 0 saturated carbocycles. The fourth-order valence-electron chi connectivity index (χ4n) is 1.37. The normalized spacial score (nSPS) is 13.8. The van der Waals surface area contributed by atoms with Gasteiger partial charge in [-0.2, -0.15) is 5.26 Å². The molecule has 0 radical (unpaired) electrons. The Morgan fingerprint density at radius 2 is 2.24 bits per heavy atom. The van der Waals surface area contributed by atoms with Crippen molar-refractivity contribution in [1.29, 1.82) is 5.26 Å². The maximum atomic E-state index is 9.87. The standard InChI is InChI=1S/C13H19N3O/c1-3-13(2,17)9-16-11-4-5-12(15)10(8-11)6-7-14/h4-5,8,16-17H,3,6,9,15H2,1-2H3. The molecule has 0 amide bonds. The van der Waals surface area contributed by atoms with E-state index in [2.05, 4.69) is 11.4 Å². The molecule has 0 aliphatic heterocycles. The predicted molar refractivity (Wildman–Crippen MR) is 69.6 cm³/mol. The van der Waals surface area contributed by atoms with E-state index >= 15 is 0 Å². The Labute approximate surface area is 102 Å². The Morgan fingerprint density at radius 1 is 1.53 bits per heavy atom. The quantitative estimate of drug-likeness (QED) is 0.678. The Morgan fingerprint density at radius 3 is 2.82 bits per heavy atom. The van der Waals surface area contributed by atoms with Crippen molar-refractivity contribution >= 4 is 11.4 Å². The zero-order valence-electron chi connectivity index (χ0n) is 10.3. The van der Waals surface area contributed by atoms with Gasteiger partial charge in [0.25, 0.3) is 0 Å². The van der Waals surface area contributed by atoms with E-state index in [1.54, 1.807) is 13.0 Å². The number of nitrogens with zero attached hydrogens (tertiary/aromatic N) is 1. The topological polar surface area (TPSA) is 82.1 Å². The molecule has 0 spiro atoms. The molecule has 4 nitrogen and oxygen atoms in total. The third-order valence-corrected chi connectivity index (χ3v) is 2.85. The van der Waals surface area contributed by atoms with E-state index in [-0.39, 0.29) is 0 Å². The molecule has 1 aromatic rings. The summed E-state index contributed by atoms with van der Waals surface area (Å²) < 4.78 is 0. The first kappa shape index (κ1) is 13.3. The lowest BCUT2D eigenvalue weighted by atomic mass is 10.0. The lowest BCUT2D eigenvalue weighted by Gasteiger charge is -2.22. The van der Waals surface area contributed by atoms with Crippen LogP contribution < -0.4 is 11.1 Å². The number of rotatable bonds is 5. The molecule has 17 heavy (non-hydrogen) atoms. The van der Waals surface area contributed by atoms with Crippen LogP contribution in [0.4, 0.5) is 11.4 Å². The summed E-state index contributed by atoms with van der Waals surface area (Å²) in [5.74, 6) is 0. The van der Waals surface area contributed by atoms with E-state index in [1.165, 1.54) is 0 Å². The summed E-state index contributed by atoms with van der Waals surface area (Å²) in [4.78, 5) is 0. The Bertz CT molecular complexity index is 421. The minimum Gasteiger partial charge on any atom is -0.398 e. The minimum atomic E-state index is -0.725. The largest absolute Gasteiger partial charge is 0.398 e. The highest BCUT2D eigenvalue weighted by Crippen LogP contribution is 2.19. The highest BCUT2D eigenvalue weighted by atomic mass is 16.3. The lowest BCUT2D eigenvalue weighted by molar-refractivity contribution is 0.0697. The molecule has 0 bridgehead atoms. The van der Waals surface area contributed by atoms with Crippen LogP contribution in [0.2, 0.25) is 0 Å². The Balaban J connectivity index is 2.73. The fourth-order valence-corrected chi connectivity index (χ4v) is 1.37. The molecule has 0 aliphatic rings. The van der Waals surface area contributed by atoms with Crippen LogP contribution in [0.25, 0.3) is 0 Å². The van der Waals surface area contributed by atoms with E-state index in [1.807, 2.05) is 19.1 Å². The molecule has 1 rings (SSSR count). The number of hydrogen-bond acceptors (Lipinski definition) is 4. The highest BCUT2D eigenvalue weighted by molar-refractivity contribution is 5.58. The van der Waals surface area contributed by atoms with Crippen LogP contribution in [0.5, 0.6) is 0 Å². The second-order valence-electron chi connectivity index (χ2n) is 4.45. The van der Waals surface area contributed by atoms with Crippen molar-refractivity contribution < 1.29 is 5.11 Å². The number of hydrogen-bond donors (Lipinski definition) is 3. The van der Waals surface area contributed by atoms with Crippen molar-refractivity contribution in [1.82, 2.24) is 0 Å². The average Bonchev–Trinajstić information content (AvgIpc) is 2.31. The number of benzene rings is 1. The van der Waals surface area contributed by atoms with Crippen LogP contribution in [-0.2, 0) is 6.42 Å². The van der Waals surface area contributed by atoms with Crippen LogP contribution in [-0.4, -0.2) is 17.3 Å². The summed E-state index contributed by atoms with van der Waals surface area (Å²) in [6.07, 6.45) is 0.978. The van der Waals surface area contributed by atoms with Gasteiger partial charge in [-0.25, -0.2) is 0 Å². The summed E-state index contributed by atoms with van der Waals surface area (Å²) in [6, 6.07) is 7.55. The van der Waals surface area contributed by atoms with Crippen molar-refractivity contribution in [2.45, 2.75) is 32.3 Å². The monoisotopic (exact) mass is 233 g/mol. The molecule has 0 aromatic heterocycles. The molecule has 0 heterocycles. The van der Waals surface area contributed by atoms with Gasteiger partial charge in [0.1, 0.15) is 0 Å². The summed E-state index contributed by atoms with van der Waals surface area (Å²) >= 11 is 0. The Hall–Kier alpha value is -1.73. The molecule has 0 aliphatic carbocycles. The van der Waals surface area contributed by atoms with Crippen LogP contribution in [0.15, 0.2) is 18.2 Å². The van der Waals surface area contributed by atoms with Gasteiger partial charge in [-0.05, 0) is 37.1 Å². The number of nitrogens with one attached hydrogen (secondary N) is 1. The zero-order valence-corrected chi connectivity index (χ0v) is 10.3.